The van der Waals surface area contributed by atoms with Gasteiger partial charge in [0, 0.05) is 6.04 Å². The van der Waals surface area contributed by atoms with Crippen LogP contribution in [0.15, 0.2) is 0 Å². The number of hydrogen-bond acceptors (Lipinski definition) is 1. The van der Waals surface area contributed by atoms with Crippen molar-refractivity contribution in [2.75, 3.05) is 6.61 Å². The van der Waals surface area contributed by atoms with Crippen molar-refractivity contribution in [1.29, 1.82) is 0 Å². The maximum absolute atomic E-state index is 8.32. The maximum atomic E-state index is 8.32. The zero-order valence-electron chi connectivity index (χ0n) is 4.81. The Bertz CT molecular complexity index is 45.3. The van der Waals surface area contributed by atoms with Gasteiger partial charge in [0.05, 0.1) is 6.61 Å². The lowest BCUT2D eigenvalue weighted by Crippen LogP contribution is -2.20. The van der Waals surface area contributed by atoms with Crippen molar-refractivity contribution in [3.8, 4) is 0 Å². The molecule has 2 N–H and O–H groups in total. The second kappa shape index (κ2) is 2.99. The molecule has 0 amide bonds. The normalized spacial score (nSPS) is 15.0. The molecular formula is C5H12NO. The molecule has 1 radical (unpaired) electrons. The van der Waals surface area contributed by atoms with Gasteiger partial charge in [-0.25, -0.2) is 0 Å². The third kappa shape index (κ3) is 2.60. The molecule has 0 heterocycles. The molecule has 0 aromatic heterocycles. The summed E-state index contributed by atoms with van der Waals surface area (Å²) in [6.07, 6.45) is 0. The van der Waals surface area contributed by atoms with E-state index in [1.54, 1.807) is 0 Å². The topological polar surface area (TPSA) is 44.0 Å². The fraction of sp³-hybridized carbons (Fsp3) is 1.00. The van der Waals surface area contributed by atoms with E-state index in [2.05, 4.69) is 0 Å². The Balaban J connectivity index is 3.14. The first kappa shape index (κ1) is 6.92. The zero-order chi connectivity index (χ0) is 5.86. The number of aliphatic hydroxyl groups is 1. The van der Waals surface area contributed by atoms with Crippen LogP contribution < -0.4 is 5.73 Å². The van der Waals surface area contributed by atoms with Gasteiger partial charge in [0.15, 0.2) is 0 Å². The minimum Gasteiger partial charge on any atom is -0.395 e. The molecule has 1 atom stereocenters. The molecule has 1 unspecified atom stereocenters. The SMILES string of the molecule is CC(C)C([NH])CO. The van der Waals surface area contributed by atoms with Crippen LogP contribution in [0.4, 0.5) is 0 Å². The van der Waals surface area contributed by atoms with E-state index in [1.807, 2.05) is 13.8 Å². The van der Waals surface area contributed by atoms with E-state index in [9.17, 15) is 0 Å². The van der Waals surface area contributed by atoms with Gasteiger partial charge in [0.25, 0.3) is 0 Å². The highest BCUT2D eigenvalue weighted by atomic mass is 16.3. The number of nitrogens with one attached hydrogen (secondary N) is 1. The van der Waals surface area contributed by atoms with Gasteiger partial charge in [-0.15, -0.1) is 0 Å². The van der Waals surface area contributed by atoms with E-state index in [0.717, 1.165) is 0 Å². The summed E-state index contributed by atoms with van der Waals surface area (Å²) in [5.41, 5.74) is 7.03. The summed E-state index contributed by atoms with van der Waals surface area (Å²) in [5.74, 6) is 0.282. The molecule has 2 heteroatoms. The van der Waals surface area contributed by atoms with Crippen molar-refractivity contribution in [2.45, 2.75) is 19.9 Å². The molecule has 43 valence electrons. The van der Waals surface area contributed by atoms with Gasteiger partial charge in [0.2, 0.25) is 0 Å². The highest BCUT2D eigenvalue weighted by Crippen LogP contribution is 1.96. The lowest BCUT2D eigenvalue weighted by atomic mass is 10.1. The van der Waals surface area contributed by atoms with Crippen molar-refractivity contribution < 1.29 is 5.11 Å². The van der Waals surface area contributed by atoms with Crippen molar-refractivity contribution >= 4 is 0 Å². The predicted molar refractivity (Wildman–Crippen MR) is 28.8 cm³/mol. The predicted octanol–water partition coefficient (Wildman–Crippen LogP) is 0.286. The smallest absolute Gasteiger partial charge is 0.0600 e. The van der Waals surface area contributed by atoms with E-state index in [0.29, 0.717) is 0 Å². The van der Waals surface area contributed by atoms with Gasteiger partial charge >= 0.3 is 0 Å². The standard InChI is InChI=1S/C5H12NO/c1-4(2)5(6)3-7/h4-7H,3H2,1-2H3. The molecule has 0 aromatic rings. The summed E-state index contributed by atoms with van der Waals surface area (Å²) >= 11 is 0. The van der Waals surface area contributed by atoms with Crippen LogP contribution in [-0.4, -0.2) is 17.8 Å². The highest BCUT2D eigenvalue weighted by molar-refractivity contribution is 4.60. The molecule has 0 bridgehead atoms. The quantitative estimate of drug-likeness (QED) is 0.535. The molecule has 0 saturated heterocycles. The van der Waals surface area contributed by atoms with Crippen LogP contribution in [0.25, 0.3) is 0 Å². The average molecular weight is 102 g/mol. The molecule has 0 fully saturated rings. The summed E-state index contributed by atoms with van der Waals surface area (Å²) in [6, 6.07) is -0.292. The summed E-state index contributed by atoms with van der Waals surface area (Å²) in [6.45, 7) is 3.83. The van der Waals surface area contributed by atoms with Gasteiger partial charge in [-0.1, -0.05) is 13.8 Å². The van der Waals surface area contributed by atoms with Crippen molar-refractivity contribution in [2.24, 2.45) is 5.92 Å². The fourth-order valence-corrected chi connectivity index (χ4v) is 0.211. The Hall–Kier alpha value is -0.0800. The summed E-state index contributed by atoms with van der Waals surface area (Å²) in [7, 11) is 0. The lowest BCUT2D eigenvalue weighted by molar-refractivity contribution is 0.234. The Labute approximate surface area is 44.3 Å². The van der Waals surface area contributed by atoms with E-state index >= 15 is 0 Å². The fourth-order valence-electron chi connectivity index (χ4n) is 0.211. The minimum absolute atomic E-state index is 0.0162. The second-order valence-corrected chi connectivity index (χ2v) is 2.03. The lowest BCUT2D eigenvalue weighted by Gasteiger charge is -2.08. The molecule has 0 saturated carbocycles. The molecule has 0 rings (SSSR count). The first-order valence-corrected chi connectivity index (χ1v) is 2.50. The minimum atomic E-state index is -0.292. The molecular weight excluding hydrogens is 90.1 g/mol. The summed E-state index contributed by atoms with van der Waals surface area (Å²) < 4.78 is 0. The monoisotopic (exact) mass is 102 g/mol. The average Bonchev–Trinajstić information content (AvgIpc) is 1.65. The van der Waals surface area contributed by atoms with E-state index < -0.39 is 0 Å². The van der Waals surface area contributed by atoms with Crippen LogP contribution in [-0.2, 0) is 0 Å². The molecule has 0 aliphatic carbocycles. The second-order valence-electron chi connectivity index (χ2n) is 2.03. The molecule has 2 nitrogen and oxygen atoms in total. The van der Waals surface area contributed by atoms with Crippen LogP contribution in [0.5, 0.6) is 0 Å². The Morgan fingerprint density at radius 3 is 2.00 bits per heavy atom. The molecule has 0 aliphatic rings. The molecule has 0 spiro atoms. The van der Waals surface area contributed by atoms with Gasteiger partial charge in [0.1, 0.15) is 0 Å². The third-order valence-corrected chi connectivity index (χ3v) is 1.00. The van der Waals surface area contributed by atoms with Crippen molar-refractivity contribution in [3.05, 3.63) is 0 Å². The van der Waals surface area contributed by atoms with Crippen LogP contribution in [0.1, 0.15) is 13.8 Å². The third-order valence-electron chi connectivity index (χ3n) is 1.00. The van der Waals surface area contributed by atoms with Crippen molar-refractivity contribution in [1.82, 2.24) is 5.73 Å². The first-order valence-electron chi connectivity index (χ1n) is 2.50. The van der Waals surface area contributed by atoms with Gasteiger partial charge in [-0.05, 0) is 5.92 Å². The van der Waals surface area contributed by atoms with Crippen LogP contribution >= 0.6 is 0 Å². The number of hydrogen-bond donors (Lipinski definition) is 1. The molecule has 0 aromatic carbocycles. The van der Waals surface area contributed by atoms with Gasteiger partial charge in [-0.3, -0.25) is 5.73 Å². The number of rotatable bonds is 2. The first-order chi connectivity index (χ1) is 3.18. The Morgan fingerprint density at radius 1 is 1.57 bits per heavy atom. The largest absolute Gasteiger partial charge is 0.395 e. The molecule has 0 aliphatic heterocycles. The zero-order valence-corrected chi connectivity index (χ0v) is 4.81. The highest BCUT2D eigenvalue weighted by Gasteiger charge is 2.03. The van der Waals surface area contributed by atoms with Crippen LogP contribution in [0.2, 0.25) is 0 Å². The van der Waals surface area contributed by atoms with E-state index in [-0.39, 0.29) is 18.6 Å². The summed E-state index contributed by atoms with van der Waals surface area (Å²) in [4.78, 5) is 0. The van der Waals surface area contributed by atoms with Crippen molar-refractivity contribution in [3.63, 3.8) is 0 Å². The van der Waals surface area contributed by atoms with Gasteiger partial charge < -0.3 is 5.11 Å². The Morgan fingerprint density at radius 2 is 2.00 bits per heavy atom. The van der Waals surface area contributed by atoms with E-state index in [4.69, 9.17) is 10.8 Å². The summed E-state index contributed by atoms with van der Waals surface area (Å²) in [5, 5.41) is 8.32. The van der Waals surface area contributed by atoms with Crippen LogP contribution in [0.3, 0.4) is 0 Å². The maximum Gasteiger partial charge on any atom is 0.0600 e. The molecule has 7 heavy (non-hydrogen) atoms. The van der Waals surface area contributed by atoms with Gasteiger partial charge in [-0.2, -0.15) is 0 Å². The van der Waals surface area contributed by atoms with Crippen LogP contribution in [0, 0.1) is 5.92 Å². The Kier molecular flexibility index (Phi) is 2.96. The van der Waals surface area contributed by atoms with E-state index in [1.165, 1.54) is 0 Å². The number of aliphatic hydroxyl groups excluding tert-OH is 1.